The zero-order valence-electron chi connectivity index (χ0n) is 16.9. The summed E-state index contributed by atoms with van der Waals surface area (Å²) in [6.07, 6.45) is 17.6. The van der Waals surface area contributed by atoms with Gasteiger partial charge in [0.1, 0.15) is 0 Å². The Kier molecular flexibility index (Phi) is 16.2. The van der Waals surface area contributed by atoms with Gasteiger partial charge >= 0.3 is 0 Å². The van der Waals surface area contributed by atoms with Crippen LogP contribution in [0.25, 0.3) is 0 Å². The minimum Gasteiger partial charge on any atom is -0.282 e. The summed E-state index contributed by atoms with van der Waals surface area (Å²) in [5.41, 5.74) is 0.730. The smallest absolute Gasteiger partial charge is 0.282 e. The first-order valence-corrected chi connectivity index (χ1v) is 11.5. The van der Waals surface area contributed by atoms with E-state index in [1.54, 1.807) is 12.1 Å². The Hall–Kier alpha value is 0.130. The average Bonchev–Trinajstić information content (AvgIpc) is 2.58. The van der Waals surface area contributed by atoms with Gasteiger partial charge in [-0.05, 0) is 24.5 Å². The van der Waals surface area contributed by atoms with Crippen molar-refractivity contribution in [1.29, 1.82) is 0 Å². The number of rotatable bonds is 15. The van der Waals surface area contributed by atoms with Gasteiger partial charge in [0.05, 0.1) is 4.90 Å². The molecule has 0 fully saturated rings. The Morgan fingerprint density at radius 3 is 1.62 bits per heavy atom. The molecule has 0 aliphatic heterocycles. The fourth-order valence-corrected chi connectivity index (χ4v) is 4.05. The Morgan fingerprint density at radius 1 is 0.731 bits per heavy atom. The van der Waals surface area contributed by atoms with Crippen molar-refractivity contribution in [3.8, 4) is 0 Å². The van der Waals surface area contributed by atoms with Crippen LogP contribution in [0.1, 0.15) is 96.0 Å². The Bertz CT molecular complexity index is 558. The molecule has 0 aromatic heterocycles. The van der Waals surface area contributed by atoms with Gasteiger partial charge < -0.3 is 0 Å². The first-order valence-electron chi connectivity index (χ1n) is 10.1. The van der Waals surface area contributed by atoms with Crippen LogP contribution in [-0.4, -0.2) is 42.5 Å². The van der Waals surface area contributed by atoms with Crippen molar-refractivity contribution in [2.45, 2.75) is 102 Å². The fraction of sp³-hybridized carbons (Fsp3) is 0.714. The quantitative estimate of drug-likeness (QED) is 0.220. The van der Waals surface area contributed by atoms with Gasteiger partial charge in [0, 0.05) is 29.6 Å². The van der Waals surface area contributed by atoms with Gasteiger partial charge in [0.25, 0.3) is 10.1 Å². The van der Waals surface area contributed by atoms with Gasteiger partial charge in [-0.15, -0.1) is 0 Å². The summed E-state index contributed by atoms with van der Waals surface area (Å²) in [6, 6.07) is 6.75. The second-order valence-corrected chi connectivity index (χ2v) is 8.47. The van der Waals surface area contributed by atoms with Crippen molar-refractivity contribution in [1.82, 2.24) is 0 Å². The molecule has 1 aromatic carbocycles. The normalized spacial score (nSPS) is 11.3. The van der Waals surface area contributed by atoms with Gasteiger partial charge in [-0.1, -0.05) is 102 Å². The van der Waals surface area contributed by atoms with E-state index in [-0.39, 0.29) is 34.5 Å². The number of benzene rings is 1. The molecule has 1 radical (unpaired) electrons. The molecule has 0 saturated heterocycles. The molecule has 3 nitrogen and oxygen atoms in total. The molecule has 0 bridgehead atoms. The number of hydrogen-bond acceptors (Lipinski definition) is 2. The summed E-state index contributed by atoms with van der Waals surface area (Å²) < 4.78 is 31.9. The first-order chi connectivity index (χ1) is 12.1. The number of aryl methyl sites for hydroxylation is 1. The van der Waals surface area contributed by atoms with Crippen LogP contribution >= 0.6 is 0 Å². The van der Waals surface area contributed by atoms with Crippen LogP contribution in [0.15, 0.2) is 29.2 Å². The zero-order valence-corrected chi connectivity index (χ0v) is 19.7. The maximum atomic E-state index is 11.3. The predicted octanol–water partition coefficient (Wildman–Crippen LogP) is 6.19. The molecular weight excluding hydrogens is 355 g/mol. The van der Waals surface area contributed by atoms with Gasteiger partial charge in [-0.2, -0.15) is 8.42 Å². The molecule has 0 spiro atoms. The summed E-state index contributed by atoms with van der Waals surface area (Å²) in [6.45, 7) is 2.26. The Balaban J connectivity index is 0.00000625. The summed E-state index contributed by atoms with van der Waals surface area (Å²) in [7, 11) is -4.10. The van der Waals surface area contributed by atoms with E-state index in [2.05, 4.69) is 6.92 Å². The third-order valence-electron chi connectivity index (χ3n) is 4.80. The maximum absolute atomic E-state index is 11.3. The van der Waals surface area contributed by atoms with E-state index < -0.39 is 10.1 Å². The molecule has 0 aliphatic rings. The minimum atomic E-state index is -4.10. The van der Waals surface area contributed by atoms with Crippen LogP contribution in [0, 0.1) is 0 Å². The van der Waals surface area contributed by atoms with E-state index in [1.165, 1.54) is 76.7 Å². The van der Waals surface area contributed by atoms with Crippen LogP contribution in [-0.2, 0) is 16.5 Å². The second kappa shape index (κ2) is 16.1. The summed E-state index contributed by atoms with van der Waals surface area (Å²) >= 11 is 0. The van der Waals surface area contributed by atoms with Crippen LogP contribution in [0.5, 0.6) is 0 Å². The second-order valence-electron chi connectivity index (χ2n) is 7.08. The van der Waals surface area contributed by atoms with E-state index in [1.807, 2.05) is 6.07 Å². The molecule has 1 aromatic rings. The van der Waals surface area contributed by atoms with Crippen molar-refractivity contribution in [2.24, 2.45) is 0 Å². The molecular formula is C21H36NaO3S. The standard InChI is InChI=1S/C21H36O3S.Na/c1-2-3-4-5-6-7-8-9-10-11-12-13-14-17-20-18-15-16-19-21(20)25(22,23)24;/h15-16,18-19H,2-14,17H2,1H3,(H,22,23,24);. The predicted molar refractivity (Wildman–Crippen MR) is 111 cm³/mol. The Morgan fingerprint density at radius 2 is 1.15 bits per heavy atom. The largest absolute Gasteiger partial charge is 0.294 e. The van der Waals surface area contributed by atoms with Crippen LogP contribution in [0.2, 0.25) is 0 Å². The molecule has 0 unspecified atom stereocenters. The summed E-state index contributed by atoms with van der Waals surface area (Å²) in [5.74, 6) is 0. The number of hydrogen-bond donors (Lipinski definition) is 1. The molecule has 1 N–H and O–H groups in total. The van der Waals surface area contributed by atoms with Gasteiger partial charge in [-0.25, -0.2) is 0 Å². The van der Waals surface area contributed by atoms with Crippen molar-refractivity contribution in [3.05, 3.63) is 29.8 Å². The van der Waals surface area contributed by atoms with Crippen molar-refractivity contribution in [3.63, 3.8) is 0 Å². The molecule has 0 atom stereocenters. The third-order valence-corrected chi connectivity index (χ3v) is 5.75. The fourth-order valence-electron chi connectivity index (χ4n) is 3.30. The molecule has 0 aliphatic carbocycles. The molecule has 5 heteroatoms. The topological polar surface area (TPSA) is 54.4 Å². The summed E-state index contributed by atoms with van der Waals surface area (Å²) in [5, 5.41) is 0. The van der Waals surface area contributed by atoms with E-state index in [9.17, 15) is 13.0 Å². The molecule has 0 saturated carbocycles. The minimum absolute atomic E-state index is 0. The van der Waals surface area contributed by atoms with E-state index >= 15 is 0 Å². The monoisotopic (exact) mass is 391 g/mol. The zero-order chi connectivity index (χ0) is 18.4. The van der Waals surface area contributed by atoms with Crippen LogP contribution in [0.4, 0.5) is 0 Å². The average molecular weight is 392 g/mol. The molecule has 0 amide bonds. The first kappa shape index (κ1) is 26.1. The van der Waals surface area contributed by atoms with Crippen LogP contribution < -0.4 is 0 Å². The van der Waals surface area contributed by atoms with E-state index in [0.717, 1.165) is 18.4 Å². The van der Waals surface area contributed by atoms with Crippen molar-refractivity contribution < 1.29 is 13.0 Å². The molecule has 1 rings (SSSR count). The van der Waals surface area contributed by atoms with E-state index in [0.29, 0.717) is 6.42 Å². The molecule has 145 valence electrons. The van der Waals surface area contributed by atoms with Gasteiger partial charge in [-0.3, -0.25) is 4.55 Å². The third kappa shape index (κ3) is 12.5. The van der Waals surface area contributed by atoms with Crippen molar-refractivity contribution in [2.75, 3.05) is 0 Å². The Labute approximate surface area is 183 Å². The molecule has 26 heavy (non-hydrogen) atoms. The number of unbranched alkanes of at least 4 members (excludes halogenated alkanes) is 12. The maximum Gasteiger partial charge on any atom is 0.294 e. The van der Waals surface area contributed by atoms with Gasteiger partial charge in [0.15, 0.2) is 0 Å². The van der Waals surface area contributed by atoms with Crippen LogP contribution in [0.3, 0.4) is 0 Å². The van der Waals surface area contributed by atoms with Crippen molar-refractivity contribution >= 4 is 39.7 Å². The summed E-state index contributed by atoms with van der Waals surface area (Å²) in [4.78, 5) is 0.0638. The molecule has 0 heterocycles. The van der Waals surface area contributed by atoms with E-state index in [4.69, 9.17) is 0 Å². The van der Waals surface area contributed by atoms with Gasteiger partial charge in [0.2, 0.25) is 0 Å². The SMILES string of the molecule is CCCCCCCCCCCCCCCc1ccccc1S(=O)(=O)O.[Na].